The fraction of sp³-hybridized carbons (Fsp3) is 0.312. The predicted octanol–water partition coefficient (Wildman–Crippen LogP) is 1.22. The molecule has 106 valence electrons. The van der Waals surface area contributed by atoms with Crippen molar-refractivity contribution in [3.05, 3.63) is 34.9 Å². The van der Waals surface area contributed by atoms with Gasteiger partial charge in [-0.15, -0.1) is 0 Å². The van der Waals surface area contributed by atoms with Gasteiger partial charge in [-0.05, 0) is 24.6 Å². The maximum Gasteiger partial charge on any atom is 0.255 e. The summed E-state index contributed by atoms with van der Waals surface area (Å²) in [6, 6.07) is 8.96. The molecular formula is C16H15N3O2. The highest BCUT2D eigenvalue weighted by molar-refractivity contribution is 5.96. The number of aliphatic hydroxyl groups is 1. The third kappa shape index (κ3) is 4.66. The summed E-state index contributed by atoms with van der Waals surface area (Å²) >= 11 is 0. The van der Waals surface area contributed by atoms with Gasteiger partial charge in [-0.2, -0.15) is 10.5 Å². The van der Waals surface area contributed by atoms with Crippen molar-refractivity contribution in [1.29, 1.82) is 10.5 Å². The second-order valence-electron chi connectivity index (χ2n) is 4.28. The van der Waals surface area contributed by atoms with Gasteiger partial charge in [0.15, 0.2) is 0 Å². The molecule has 0 fully saturated rings. The molecule has 21 heavy (non-hydrogen) atoms. The number of amides is 1. The number of hydrogen-bond donors (Lipinski definition) is 1. The molecule has 0 unspecified atom stereocenters. The number of aryl methyl sites for hydroxylation is 1. The molecule has 0 aliphatic carbocycles. The van der Waals surface area contributed by atoms with Crippen molar-refractivity contribution in [2.24, 2.45) is 0 Å². The molecule has 0 bridgehead atoms. The Morgan fingerprint density at radius 1 is 1.29 bits per heavy atom. The fourth-order valence-electron chi connectivity index (χ4n) is 1.69. The van der Waals surface area contributed by atoms with E-state index in [9.17, 15) is 4.79 Å². The Morgan fingerprint density at radius 2 is 1.95 bits per heavy atom. The zero-order chi connectivity index (χ0) is 15.7. The quantitative estimate of drug-likeness (QED) is 0.664. The van der Waals surface area contributed by atoms with Crippen molar-refractivity contribution >= 4 is 5.91 Å². The molecule has 1 aromatic carbocycles. The smallest absolute Gasteiger partial charge is 0.255 e. The van der Waals surface area contributed by atoms with Crippen molar-refractivity contribution in [1.82, 2.24) is 4.90 Å². The summed E-state index contributed by atoms with van der Waals surface area (Å²) in [5.74, 6) is 5.29. The van der Waals surface area contributed by atoms with Gasteiger partial charge in [0.1, 0.15) is 13.1 Å². The zero-order valence-electron chi connectivity index (χ0n) is 11.8. The summed E-state index contributed by atoms with van der Waals surface area (Å²) in [6.45, 7) is 1.51. The largest absolute Gasteiger partial charge is 0.395 e. The van der Waals surface area contributed by atoms with E-state index in [4.69, 9.17) is 15.6 Å². The van der Waals surface area contributed by atoms with Gasteiger partial charge in [-0.1, -0.05) is 17.9 Å². The molecule has 1 amide bonds. The van der Waals surface area contributed by atoms with E-state index in [2.05, 4.69) is 11.8 Å². The number of benzene rings is 1. The van der Waals surface area contributed by atoms with Gasteiger partial charge in [-0.3, -0.25) is 4.79 Å². The van der Waals surface area contributed by atoms with Gasteiger partial charge in [-0.25, -0.2) is 0 Å². The number of hydrogen-bond acceptors (Lipinski definition) is 4. The SMILES string of the molecule is Cc1ccc(C#CCCO)cc1C(=O)N(CC#N)CC#N. The van der Waals surface area contributed by atoms with Gasteiger partial charge in [0.25, 0.3) is 5.91 Å². The highest BCUT2D eigenvalue weighted by Gasteiger charge is 2.17. The van der Waals surface area contributed by atoms with Crippen LogP contribution < -0.4 is 0 Å². The van der Waals surface area contributed by atoms with Crippen molar-refractivity contribution < 1.29 is 9.90 Å². The van der Waals surface area contributed by atoms with Gasteiger partial charge < -0.3 is 10.0 Å². The molecule has 0 aliphatic rings. The second-order valence-corrected chi connectivity index (χ2v) is 4.28. The van der Waals surface area contributed by atoms with Gasteiger partial charge >= 0.3 is 0 Å². The molecule has 1 rings (SSSR count). The second kappa shape index (κ2) is 8.38. The lowest BCUT2D eigenvalue weighted by atomic mass is 10.0. The van der Waals surface area contributed by atoms with Gasteiger partial charge in [0.2, 0.25) is 0 Å². The normalized spacial score (nSPS) is 8.95. The number of nitrogens with zero attached hydrogens (tertiary/aromatic N) is 3. The Kier molecular flexibility index (Phi) is 6.48. The van der Waals surface area contributed by atoms with Gasteiger partial charge in [0, 0.05) is 17.5 Å². The van der Waals surface area contributed by atoms with Crippen LogP contribution in [0.4, 0.5) is 0 Å². The van der Waals surface area contributed by atoms with E-state index in [0.29, 0.717) is 17.5 Å². The fourth-order valence-corrected chi connectivity index (χ4v) is 1.69. The molecule has 0 aromatic heterocycles. The summed E-state index contributed by atoms with van der Waals surface area (Å²) in [4.78, 5) is 13.6. The molecule has 5 heteroatoms. The van der Waals surface area contributed by atoms with Gasteiger partial charge in [0.05, 0.1) is 18.7 Å². The number of nitriles is 2. The zero-order valence-corrected chi connectivity index (χ0v) is 11.8. The molecule has 1 aromatic rings. The predicted molar refractivity (Wildman–Crippen MR) is 76.9 cm³/mol. The molecule has 0 heterocycles. The summed E-state index contributed by atoms with van der Waals surface area (Å²) in [5.41, 5.74) is 1.84. The number of carbonyl (C=O) groups is 1. The van der Waals surface area contributed by atoms with Crippen LogP contribution in [0, 0.1) is 41.4 Å². The van der Waals surface area contributed by atoms with E-state index in [1.54, 1.807) is 25.1 Å². The van der Waals surface area contributed by atoms with Crippen LogP contribution in [0.5, 0.6) is 0 Å². The summed E-state index contributed by atoms with van der Waals surface area (Å²) in [5, 5.41) is 26.2. The topological polar surface area (TPSA) is 88.1 Å². The monoisotopic (exact) mass is 281 g/mol. The highest BCUT2D eigenvalue weighted by Crippen LogP contribution is 2.13. The lowest BCUT2D eigenvalue weighted by Crippen LogP contribution is -2.32. The van der Waals surface area contributed by atoms with E-state index in [0.717, 1.165) is 5.56 Å². The van der Waals surface area contributed by atoms with Crippen molar-refractivity contribution in [3.8, 4) is 24.0 Å². The Bertz CT molecular complexity index is 641. The summed E-state index contributed by atoms with van der Waals surface area (Å²) in [7, 11) is 0. The van der Waals surface area contributed by atoms with E-state index in [1.807, 2.05) is 12.1 Å². The Labute approximate surface area is 124 Å². The third-order valence-corrected chi connectivity index (χ3v) is 2.75. The average Bonchev–Trinajstić information content (AvgIpc) is 2.48. The summed E-state index contributed by atoms with van der Waals surface area (Å²) < 4.78 is 0. The Morgan fingerprint density at radius 3 is 2.52 bits per heavy atom. The molecule has 0 saturated carbocycles. The minimum atomic E-state index is -0.360. The van der Waals surface area contributed by atoms with E-state index in [1.165, 1.54) is 4.90 Å². The minimum absolute atomic E-state index is 0.0111. The molecular weight excluding hydrogens is 266 g/mol. The first kappa shape index (κ1) is 16.2. The Balaban J connectivity index is 3.09. The molecule has 1 N–H and O–H groups in total. The third-order valence-electron chi connectivity index (χ3n) is 2.75. The van der Waals surface area contributed by atoms with E-state index < -0.39 is 0 Å². The first-order valence-electron chi connectivity index (χ1n) is 6.37. The Hall–Kier alpha value is -2.81. The van der Waals surface area contributed by atoms with Crippen molar-refractivity contribution in [3.63, 3.8) is 0 Å². The maximum absolute atomic E-state index is 12.4. The van der Waals surface area contributed by atoms with Crippen LogP contribution in [0.3, 0.4) is 0 Å². The average molecular weight is 281 g/mol. The molecule has 0 radical (unpaired) electrons. The maximum atomic E-state index is 12.4. The van der Waals surface area contributed by atoms with Crippen molar-refractivity contribution in [2.45, 2.75) is 13.3 Å². The lowest BCUT2D eigenvalue weighted by molar-refractivity contribution is 0.0794. The van der Waals surface area contributed by atoms with E-state index in [-0.39, 0.29) is 25.6 Å². The lowest BCUT2D eigenvalue weighted by Gasteiger charge is -2.17. The number of carbonyl (C=O) groups excluding carboxylic acids is 1. The van der Waals surface area contributed by atoms with E-state index >= 15 is 0 Å². The minimum Gasteiger partial charge on any atom is -0.395 e. The number of aliphatic hydroxyl groups excluding tert-OH is 1. The number of rotatable bonds is 4. The van der Waals surface area contributed by atoms with Crippen LogP contribution in [-0.4, -0.2) is 35.6 Å². The standard InChI is InChI=1S/C16H15N3O2/c1-13-5-6-14(4-2-3-11-20)12-15(13)16(21)19(9-7-17)10-8-18/h5-6,12,20H,3,9-11H2,1H3. The molecule has 0 saturated heterocycles. The van der Waals surface area contributed by atoms with Crippen LogP contribution >= 0.6 is 0 Å². The van der Waals surface area contributed by atoms with Crippen LogP contribution in [0.2, 0.25) is 0 Å². The molecule has 5 nitrogen and oxygen atoms in total. The first-order valence-corrected chi connectivity index (χ1v) is 6.37. The van der Waals surface area contributed by atoms with Crippen LogP contribution in [0.25, 0.3) is 0 Å². The van der Waals surface area contributed by atoms with Crippen LogP contribution in [0.1, 0.15) is 27.9 Å². The van der Waals surface area contributed by atoms with Crippen LogP contribution in [0.15, 0.2) is 18.2 Å². The molecule has 0 atom stereocenters. The summed E-state index contributed by atoms with van der Waals surface area (Å²) in [6.07, 6.45) is 0.367. The molecule has 0 spiro atoms. The van der Waals surface area contributed by atoms with Crippen molar-refractivity contribution in [2.75, 3.05) is 19.7 Å². The van der Waals surface area contributed by atoms with Crippen LogP contribution in [-0.2, 0) is 0 Å². The molecule has 0 aliphatic heterocycles. The first-order chi connectivity index (χ1) is 10.1. The highest BCUT2D eigenvalue weighted by atomic mass is 16.2.